The van der Waals surface area contributed by atoms with Gasteiger partial charge >= 0.3 is 0 Å². The summed E-state index contributed by atoms with van der Waals surface area (Å²) in [6.07, 6.45) is 6.49. The number of hydrogen-bond donors (Lipinski definition) is 3. The summed E-state index contributed by atoms with van der Waals surface area (Å²) in [5, 5.41) is 17.9. The molecule has 11 heteroatoms. The van der Waals surface area contributed by atoms with Gasteiger partial charge in [0.1, 0.15) is 5.56 Å². The number of nitrogens with one attached hydrogen (secondary N) is 1. The number of carbonyl (C=O) groups excluding carboxylic acids is 1. The average Bonchev–Trinajstić information content (AvgIpc) is 3.02. The number of carbonyl (C=O) groups is 1. The van der Waals surface area contributed by atoms with Gasteiger partial charge in [-0.1, -0.05) is 11.6 Å². The molecule has 4 rings (SSSR count). The first-order valence-corrected chi connectivity index (χ1v) is 9.87. The summed E-state index contributed by atoms with van der Waals surface area (Å²) < 4.78 is 1.37. The van der Waals surface area contributed by atoms with Crippen molar-refractivity contribution < 1.29 is 9.90 Å². The summed E-state index contributed by atoms with van der Waals surface area (Å²) >= 11 is 5.94. The SMILES string of the molecule is CN(C)[C@H]1CCN(c2ccncc2NC(=O)c2c(N)nn3cc(Cl)cnc23)C[C@@H]1O. The van der Waals surface area contributed by atoms with E-state index in [9.17, 15) is 9.90 Å². The minimum atomic E-state index is -0.505. The Hall–Kier alpha value is -2.95. The van der Waals surface area contributed by atoms with Gasteiger partial charge in [-0.15, -0.1) is 5.10 Å². The van der Waals surface area contributed by atoms with Crippen molar-refractivity contribution in [1.29, 1.82) is 0 Å². The molecule has 3 aromatic heterocycles. The van der Waals surface area contributed by atoms with Crippen LogP contribution >= 0.6 is 11.6 Å². The lowest BCUT2D eigenvalue weighted by molar-refractivity contribution is 0.0631. The summed E-state index contributed by atoms with van der Waals surface area (Å²) in [5.74, 6) is -0.398. The second kappa shape index (κ2) is 8.05. The van der Waals surface area contributed by atoms with Crippen LogP contribution < -0.4 is 16.0 Å². The molecule has 1 saturated heterocycles. The predicted octanol–water partition coefficient (Wildman–Crippen LogP) is 1.11. The maximum Gasteiger partial charge on any atom is 0.263 e. The Balaban J connectivity index is 1.60. The highest BCUT2D eigenvalue weighted by atomic mass is 35.5. The Labute approximate surface area is 178 Å². The summed E-state index contributed by atoms with van der Waals surface area (Å²) in [5.41, 5.74) is 7.73. The number of pyridine rings is 1. The van der Waals surface area contributed by atoms with E-state index < -0.39 is 12.0 Å². The normalized spacial score (nSPS) is 19.4. The van der Waals surface area contributed by atoms with E-state index in [-0.39, 0.29) is 17.4 Å². The van der Waals surface area contributed by atoms with Crippen molar-refractivity contribution >= 4 is 40.3 Å². The van der Waals surface area contributed by atoms with Crippen LogP contribution in [0.3, 0.4) is 0 Å². The molecule has 0 unspecified atom stereocenters. The number of rotatable bonds is 4. The number of β-amino-alcohol motifs (C(OH)–C–C–N with tert-alkyl or cyclic N) is 1. The highest BCUT2D eigenvalue weighted by molar-refractivity contribution is 6.30. The lowest BCUT2D eigenvalue weighted by Gasteiger charge is -2.40. The second-order valence-electron chi connectivity index (χ2n) is 7.48. The van der Waals surface area contributed by atoms with E-state index in [1.807, 2.05) is 30.0 Å². The minimum absolute atomic E-state index is 0.0509. The van der Waals surface area contributed by atoms with Crippen molar-refractivity contribution in [3.8, 4) is 0 Å². The molecule has 0 spiro atoms. The Morgan fingerprint density at radius 3 is 2.93 bits per heavy atom. The first-order chi connectivity index (χ1) is 14.3. The number of likely N-dealkylation sites (N-methyl/N-ethyl adjacent to an activating group) is 1. The average molecular weight is 431 g/mol. The fourth-order valence-corrected chi connectivity index (χ4v) is 3.97. The van der Waals surface area contributed by atoms with Crippen molar-refractivity contribution in [3.05, 3.63) is 41.4 Å². The van der Waals surface area contributed by atoms with Crippen molar-refractivity contribution in [2.75, 3.05) is 43.1 Å². The first-order valence-electron chi connectivity index (χ1n) is 9.49. The highest BCUT2D eigenvalue weighted by Gasteiger charge is 2.30. The van der Waals surface area contributed by atoms with E-state index in [0.29, 0.717) is 22.9 Å². The number of anilines is 3. The molecule has 1 aliphatic rings. The third kappa shape index (κ3) is 3.76. The molecule has 10 nitrogen and oxygen atoms in total. The van der Waals surface area contributed by atoms with Crippen molar-refractivity contribution in [1.82, 2.24) is 24.5 Å². The van der Waals surface area contributed by atoms with Gasteiger partial charge in [-0.25, -0.2) is 9.50 Å². The van der Waals surface area contributed by atoms with Crippen LogP contribution in [0, 0.1) is 0 Å². The molecular weight excluding hydrogens is 408 g/mol. The molecule has 2 atom stereocenters. The number of piperidine rings is 1. The van der Waals surface area contributed by atoms with Gasteiger partial charge in [0, 0.05) is 31.5 Å². The van der Waals surface area contributed by atoms with Gasteiger partial charge < -0.3 is 26.0 Å². The van der Waals surface area contributed by atoms with Gasteiger partial charge in [0.15, 0.2) is 11.5 Å². The Kier molecular flexibility index (Phi) is 5.46. The van der Waals surface area contributed by atoms with Gasteiger partial charge in [-0.05, 0) is 26.6 Å². The molecule has 30 heavy (non-hydrogen) atoms. The molecule has 1 amide bonds. The number of hydrogen-bond acceptors (Lipinski definition) is 8. The van der Waals surface area contributed by atoms with Crippen LogP contribution in [0.25, 0.3) is 5.65 Å². The van der Waals surface area contributed by atoms with Gasteiger partial charge in [0.05, 0.1) is 34.9 Å². The lowest BCUT2D eigenvalue weighted by atomic mass is 10.0. The predicted molar refractivity (Wildman–Crippen MR) is 115 cm³/mol. The second-order valence-corrected chi connectivity index (χ2v) is 7.92. The molecule has 1 aliphatic heterocycles. The van der Waals surface area contributed by atoms with Crippen LogP contribution in [0.1, 0.15) is 16.8 Å². The summed E-state index contributed by atoms with van der Waals surface area (Å²) in [4.78, 5) is 25.4. The highest BCUT2D eigenvalue weighted by Crippen LogP contribution is 2.29. The van der Waals surface area contributed by atoms with E-state index in [2.05, 4.69) is 20.4 Å². The van der Waals surface area contributed by atoms with Crippen molar-refractivity contribution in [2.24, 2.45) is 0 Å². The zero-order chi connectivity index (χ0) is 21.4. The standard InChI is InChI=1S/C19H23ClN8O2/c1-26(2)14-4-6-27(10-15(14)29)13-3-5-22-8-12(13)24-19(30)16-17(21)25-28-9-11(20)7-23-18(16)28/h3,5,7-9,14-15,29H,4,6,10H2,1-2H3,(H2,21,25)(H,24,30)/t14-,15-/m0/s1. The fraction of sp³-hybridized carbons (Fsp3) is 0.368. The zero-order valence-electron chi connectivity index (χ0n) is 16.7. The smallest absolute Gasteiger partial charge is 0.263 e. The van der Waals surface area contributed by atoms with Crippen molar-refractivity contribution in [2.45, 2.75) is 18.6 Å². The summed E-state index contributed by atoms with van der Waals surface area (Å²) in [6.45, 7) is 1.19. The van der Waals surface area contributed by atoms with E-state index in [1.165, 1.54) is 16.9 Å². The third-order valence-corrected chi connectivity index (χ3v) is 5.49. The lowest BCUT2D eigenvalue weighted by Crippen LogP contribution is -2.52. The maximum absolute atomic E-state index is 13.0. The molecule has 0 radical (unpaired) electrons. The van der Waals surface area contributed by atoms with E-state index in [0.717, 1.165) is 18.7 Å². The van der Waals surface area contributed by atoms with Crippen LogP contribution in [0.4, 0.5) is 17.2 Å². The van der Waals surface area contributed by atoms with Crippen LogP contribution in [-0.4, -0.2) is 74.8 Å². The number of halogens is 1. The number of nitrogens with two attached hydrogens (primary N) is 1. The van der Waals surface area contributed by atoms with Crippen LogP contribution in [-0.2, 0) is 0 Å². The number of aliphatic hydroxyl groups excluding tert-OH is 1. The molecule has 0 aliphatic carbocycles. The number of aliphatic hydroxyl groups is 1. The zero-order valence-corrected chi connectivity index (χ0v) is 17.4. The number of amides is 1. The Morgan fingerprint density at radius 1 is 1.40 bits per heavy atom. The Morgan fingerprint density at radius 2 is 2.20 bits per heavy atom. The molecular formula is C19H23ClN8O2. The number of nitrogen functional groups attached to an aromatic ring is 1. The topological polar surface area (TPSA) is 125 Å². The maximum atomic E-state index is 13.0. The van der Waals surface area contributed by atoms with E-state index in [1.54, 1.807) is 12.4 Å². The van der Waals surface area contributed by atoms with Crippen LogP contribution in [0.5, 0.6) is 0 Å². The van der Waals surface area contributed by atoms with Gasteiger partial charge in [-0.2, -0.15) is 0 Å². The summed E-state index contributed by atoms with van der Waals surface area (Å²) in [7, 11) is 3.92. The molecule has 4 heterocycles. The first kappa shape index (κ1) is 20.3. The number of aromatic nitrogens is 4. The number of fused-ring (bicyclic) bond motifs is 1. The number of nitrogens with zero attached hydrogens (tertiary/aromatic N) is 6. The molecule has 3 aromatic rings. The Bertz CT molecular complexity index is 1090. The van der Waals surface area contributed by atoms with E-state index >= 15 is 0 Å². The monoisotopic (exact) mass is 430 g/mol. The molecule has 158 valence electrons. The van der Waals surface area contributed by atoms with Gasteiger partial charge in [0.2, 0.25) is 0 Å². The molecule has 0 aromatic carbocycles. The fourth-order valence-electron chi connectivity index (χ4n) is 3.83. The van der Waals surface area contributed by atoms with Gasteiger partial charge in [0.25, 0.3) is 5.91 Å². The minimum Gasteiger partial charge on any atom is -0.390 e. The summed E-state index contributed by atoms with van der Waals surface area (Å²) in [6, 6.07) is 1.91. The van der Waals surface area contributed by atoms with Crippen LogP contribution in [0.2, 0.25) is 5.02 Å². The quantitative estimate of drug-likeness (QED) is 0.562. The molecule has 0 saturated carbocycles. The molecule has 0 bridgehead atoms. The third-order valence-electron chi connectivity index (χ3n) is 5.29. The van der Waals surface area contributed by atoms with Crippen molar-refractivity contribution in [3.63, 3.8) is 0 Å². The molecule has 1 fully saturated rings. The molecule has 4 N–H and O–H groups in total. The van der Waals surface area contributed by atoms with E-state index in [4.69, 9.17) is 17.3 Å². The van der Waals surface area contributed by atoms with Crippen LogP contribution in [0.15, 0.2) is 30.9 Å². The largest absolute Gasteiger partial charge is 0.390 e. The van der Waals surface area contributed by atoms with Gasteiger partial charge in [-0.3, -0.25) is 9.78 Å².